The number of hydrogen-bond acceptors (Lipinski definition) is 5. The summed E-state index contributed by atoms with van der Waals surface area (Å²) in [5.74, 6) is -0.498. The first-order valence-electron chi connectivity index (χ1n) is 10.3. The molecule has 0 heterocycles. The zero-order valence-electron chi connectivity index (χ0n) is 17.0. The first kappa shape index (κ1) is 23.4. The van der Waals surface area contributed by atoms with Crippen LogP contribution >= 0.6 is 0 Å². The molecule has 0 spiro atoms. The Kier molecular flexibility index (Phi) is 11.7. The Morgan fingerprint density at radius 1 is 1.04 bits per heavy atom. The maximum Gasteiger partial charge on any atom is 0.330 e. The second kappa shape index (κ2) is 13.5. The molecule has 5 nitrogen and oxygen atoms in total. The lowest BCUT2D eigenvalue weighted by Gasteiger charge is -2.25. The van der Waals surface area contributed by atoms with E-state index in [9.17, 15) is 14.7 Å². The van der Waals surface area contributed by atoms with Gasteiger partial charge in [0, 0.05) is 12.5 Å². The molecule has 1 N–H and O–H groups in total. The number of unbranched alkanes of at least 4 members (excludes halogenated alkanes) is 5. The summed E-state index contributed by atoms with van der Waals surface area (Å²) in [6.07, 6.45) is 16.5. The molecule has 0 atom stereocenters. The number of esters is 2. The highest BCUT2D eigenvalue weighted by atomic mass is 16.5. The molecular formula is C22H36O5. The molecule has 27 heavy (non-hydrogen) atoms. The third kappa shape index (κ3) is 9.76. The zero-order chi connectivity index (χ0) is 20.0. The van der Waals surface area contributed by atoms with E-state index in [1.54, 1.807) is 6.92 Å². The molecule has 0 amide bonds. The van der Waals surface area contributed by atoms with E-state index in [0.29, 0.717) is 19.4 Å². The first-order chi connectivity index (χ1) is 13.0. The van der Waals surface area contributed by atoms with Crippen LogP contribution in [0.15, 0.2) is 23.8 Å². The number of methoxy groups -OCH3 is 1. The van der Waals surface area contributed by atoms with Gasteiger partial charge in [0.05, 0.1) is 19.3 Å². The van der Waals surface area contributed by atoms with Crippen molar-refractivity contribution in [2.45, 2.75) is 89.6 Å². The van der Waals surface area contributed by atoms with Gasteiger partial charge in [-0.2, -0.15) is 0 Å². The van der Waals surface area contributed by atoms with Gasteiger partial charge < -0.3 is 14.6 Å². The smallest absolute Gasteiger partial charge is 0.330 e. The Morgan fingerprint density at radius 3 is 2.37 bits per heavy atom. The number of carbonyl (C=O) groups excluding carboxylic acids is 2. The Balaban J connectivity index is 2.30. The third-order valence-corrected chi connectivity index (χ3v) is 5.09. The number of hydrogen-bond donors (Lipinski definition) is 1. The molecule has 1 aliphatic carbocycles. The standard InChI is InChI=1S/C22H36O5/c1-3-27-21(24)18-19(22(25)16-12-13-17-22)14-10-8-6-4-5-7-9-11-15-20(23)26-2/h8,10,18,25H,3-7,9,11-17H2,1-2H3/b10-8+,19-18-. The summed E-state index contributed by atoms with van der Waals surface area (Å²) in [4.78, 5) is 22.8. The highest BCUT2D eigenvalue weighted by molar-refractivity contribution is 5.83. The van der Waals surface area contributed by atoms with E-state index in [1.165, 1.54) is 13.2 Å². The van der Waals surface area contributed by atoms with Crippen LogP contribution in [0.2, 0.25) is 0 Å². The largest absolute Gasteiger partial charge is 0.469 e. The molecule has 0 aliphatic heterocycles. The summed E-state index contributed by atoms with van der Waals surface area (Å²) < 4.78 is 9.63. The summed E-state index contributed by atoms with van der Waals surface area (Å²) in [5, 5.41) is 10.8. The van der Waals surface area contributed by atoms with Crippen LogP contribution in [0.1, 0.15) is 84.0 Å². The topological polar surface area (TPSA) is 72.8 Å². The van der Waals surface area contributed by atoms with Gasteiger partial charge in [0.15, 0.2) is 0 Å². The van der Waals surface area contributed by atoms with E-state index in [4.69, 9.17) is 4.74 Å². The molecule has 1 aliphatic rings. The van der Waals surface area contributed by atoms with Gasteiger partial charge in [-0.05, 0) is 51.0 Å². The van der Waals surface area contributed by atoms with Crippen molar-refractivity contribution in [3.63, 3.8) is 0 Å². The molecule has 1 fully saturated rings. The maximum absolute atomic E-state index is 11.8. The van der Waals surface area contributed by atoms with Gasteiger partial charge in [0.1, 0.15) is 0 Å². The lowest BCUT2D eigenvalue weighted by Crippen LogP contribution is -2.27. The molecule has 0 aromatic rings. The van der Waals surface area contributed by atoms with Crippen LogP contribution in [-0.4, -0.2) is 36.4 Å². The van der Waals surface area contributed by atoms with Crippen LogP contribution in [0.5, 0.6) is 0 Å². The van der Waals surface area contributed by atoms with Crippen LogP contribution in [-0.2, 0) is 19.1 Å². The van der Waals surface area contributed by atoms with Crippen LogP contribution in [0.4, 0.5) is 0 Å². The van der Waals surface area contributed by atoms with Crippen molar-refractivity contribution in [1.29, 1.82) is 0 Å². The van der Waals surface area contributed by atoms with E-state index in [2.05, 4.69) is 16.9 Å². The number of aliphatic hydroxyl groups is 1. The Hall–Kier alpha value is -1.62. The Morgan fingerprint density at radius 2 is 1.70 bits per heavy atom. The maximum atomic E-state index is 11.8. The predicted molar refractivity (Wildman–Crippen MR) is 106 cm³/mol. The number of ether oxygens (including phenoxy) is 2. The van der Waals surface area contributed by atoms with Gasteiger partial charge in [-0.1, -0.05) is 44.3 Å². The molecule has 0 saturated heterocycles. The van der Waals surface area contributed by atoms with Gasteiger partial charge in [-0.15, -0.1) is 0 Å². The van der Waals surface area contributed by atoms with Crippen molar-refractivity contribution in [2.75, 3.05) is 13.7 Å². The third-order valence-electron chi connectivity index (χ3n) is 5.09. The van der Waals surface area contributed by atoms with Crippen molar-refractivity contribution in [3.05, 3.63) is 23.8 Å². The summed E-state index contributed by atoms with van der Waals surface area (Å²) >= 11 is 0. The SMILES string of the molecule is CCOC(=O)/C=C(/C/C=C/CCCCCCCC(=O)OC)C1(O)CCCC1. The van der Waals surface area contributed by atoms with Crippen LogP contribution in [0, 0.1) is 0 Å². The van der Waals surface area contributed by atoms with Crippen molar-refractivity contribution in [1.82, 2.24) is 0 Å². The first-order valence-corrected chi connectivity index (χ1v) is 10.3. The van der Waals surface area contributed by atoms with E-state index in [-0.39, 0.29) is 11.9 Å². The minimum Gasteiger partial charge on any atom is -0.469 e. The van der Waals surface area contributed by atoms with E-state index < -0.39 is 5.60 Å². The summed E-state index contributed by atoms with van der Waals surface area (Å²) in [7, 11) is 1.42. The number of rotatable bonds is 13. The minimum atomic E-state index is -0.850. The lowest BCUT2D eigenvalue weighted by atomic mass is 9.89. The zero-order valence-corrected chi connectivity index (χ0v) is 17.0. The van der Waals surface area contributed by atoms with Gasteiger partial charge in [-0.3, -0.25) is 4.79 Å². The summed E-state index contributed by atoms with van der Waals surface area (Å²) in [6.45, 7) is 2.13. The van der Waals surface area contributed by atoms with Crippen LogP contribution in [0.25, 0.3) is 0 Å². The molecule has 1 saturated carbocycles. The van der Waals surface area contributed by atoms with Gasteiger partial charge in [0.25, 0.3) is 0 Å². The van der Waals surface area contributed by atoms with Crippen molar-refractivity contribution >= 4 is 11.9 Å². The van der Waals surface area contributed by atoms with Crippen LogP contribution < -0.4 is 0 Å². The molecule has 0 aromatic heterocycles. The quantitative estimate of drug-likeness (QED) is 0.218. The Labute approximate surface area is 163 Å². The summed E-state index contributed by atoms with van der Waals surface area (Å²) in [5.41, 5.74) is -0.0750. The highest BCUT2D eigenvalue weighted by Gasteiger charge is 2.34. The van der Waals surface area contributed by atoms with Crippen molar-refractivity contribution in [2.24, 2.45) is 0 Å². The molecule has 154 valence electrons. The molecule has 5 heteroatoms. The molecular weight excluding hydrogens is 344 g/mol. The monoisotopic (exact) mass is 380 g/mol. The van der Waals surface area contributed by atoms with Crippen molar-refractivity contribution in [3.8, 4) is 0 Å². The van der Waals surface area contributed by atoms with E-state index in [1.807, 2.05) is 0 Å². The van der Waals surface area contributed by atoms with Crippen LogP contribution in [0.3, 0.4) is 0 Å². The normalized spacial score (nSPS) is 16.6. The minimum absolute atomic E-state index is 0.131. The summed E-state index contributed by atoms with van der Waals surface area (Å²) in [6, 6.07) is 0. The molecule has 0 bridgehead atoms. The van der Waals surface area contributed by atoms with E-state index in [0.717, 1.165) is 69.8 Å². The predicted octanol–water partition coefficient (Wildman–Crippen LogP) is 4.63. The van der Waals surface area contributed by atoms with E-state index >= 15 is 0 Å². The van der Waals surface area contributed by atoms with Gasteiger partial charge in [0.2, 0.25) is 0 Å². The van der Waals surface area contributed by atoms with Gasteiger partial charge >= 0.3 is 11.9 Å². The van der Waals surface area contributed by atoms with Crippen molar-refractivity contribution < 1.29 is 24.2 Å². The van der Waals surface area contributed by atoms with Gasteiger partial charge in [-0.25, -0.2) is 4.79 Å². The number of allylic oxidation sites excluding steroid dienone is 2. The fourth-order valence-electron chi connectivity index (χ4n) is 3.48. The average Bonchev–Trinajstić information content (AvgIpc) is 3.09. The molecule has 0 unspecified atom stereocenters. The fourth-order valence-corrected chi connectivity index (χ4v) is 3.48. The Bertz CT molecular complexity index is 501. The highest BCUT2D eigenvalue weighted by Crippen LogP contribution is 2.37. The second-order valence-corrected chi connectivity index (χ2v) is 7.22. The molecule has 0 aromatic carbocycles. The molecule has 1 rings (SSSR count). The number of carbonyl (C=O) groups is 2. The fraction of sp³-hybridized carbons (Fsp3) is 0.727. The lowest BCUT2D eigenvalue weighted by molar-refractivity contribution is -0.140. The second-order valence-electron chi connectivity index (χ2n) is 7.22. The molecule has 0 radical (unpaired) electrons. The average molecular weight is 381 g/mol.